The first kappa shape index (κ1) is 42.9. The highest BCUT2D eigenvalue weighted by Gasteiger charge is 2.38. The summed E-state index contributed by atoms with van der Waals surface area (Å²) in [6.45, 7) is 9.70. The third-order valence-electron chi connectivity index (χ3n) is 10.2. The zero-order valence-electron chi connectivity index (χ0n) is 30.8. The predicted octanol–water partition coefficient (Wildman–Crippen LogP) is 0.00240. The molecule has 2 aliphatic carbocycles. The van der Waals surface area contributed by atoms with Gasteiger partial charge in [-0.05, 0) is 76.0 Å². The molecule has 0 saturated heterocycles. The summed E-state index contributed by atoms with van der Waals surface area (Å²) in [5.74, 6) is -3.36. The van der Waals surface area contributed by atoms with Crippen LogP contribution in [0, 0.1) is 29.6 Å². The molecule has 2 fully saturated rings. The van der Waals surface area contributed by atoms with E-state index in [1.807, 2.05) is 27.7 Å². The molecule has 0 aliphatic heterocycles. The summed E-state index contributed by atoms with van der Waals surface area (Å²) in [5.41, 5.74) is 5.48. The van der Waals surface area contributed by atoms with Crippen LogP contribution < -0.4 is 32.3 Å². The van der Waals surface area contributed by atoms with Gasteiger partial charge in [-0.2, -0.15) is 0 Å². The fourth-order valence-electron chi connectivity index (χ4n) is 7.00. The van der Waals surface area contributed by atoms with E-state index in [9.17, 15) is 33.9 Å². The van der Waals surface area contributed by atoms with Crippen molar-refractivity contribution in [2.75, 3.05) is 13.7 Å². The van der Waals surface area contributed by atoms with Gasteiger partial charge in [-0.25, -0.2) is 4.79 Å². The molecule has 2 unspecified atom stereocenters. The third-order valence-corrected chi connectivity index (χ3v) is 10.2. The molecular weight excluding hydrogens is 648 g/mol. The van der Waals surface area contributed by atoms with E-state index in [1.165, 1.54) is 21.0 Å². The normalized spacial score (nSPS) is 25.1. The number of rotatable bonds is 18. The van der Waals surface area contributed by atoms with Gasteiger partial charge in [-0.15, -0.1) is 0 Å². The van der Waals surface area contributed by atoms with Crippen LogP contribution in [-0.4, -0.2) is 102 Å². The largest absolute Gasteiger partial charge is 0.467 e. The Labute approximate surface area is 296 Å². The number of hydrogen-bond acceptors (Lipinski definition) is 10. The highest BCUT2D eigenvalue weighted by Crippen LogP contribution is 2.37. The highest BCUT2D eigenvalue weighted by atomic mass is 16.5. The SMILES string of the molecule is COC(=O)[C@@H](NC(=O)[C@H](NC(=O)[C@@H]1CCCC1CCCC1CCC[C@H](O)[C@H]1NC(=O)[C@H](C)NC(=O)[C@H](C)NC(=O)[C@@H](N)CO)C(C)C)C(C)C. The van der Waals surface area contributed by atoms with Crippen molar-refractivity contribution in [2.24, 2.45) is 35.3 Å². The molecular formula is C35H62N6O9. The molecule has 0 heterocycles. The summed E-state index contributed by atoms with van der Waals surface area (Å²) in [6, 6.07) is -5.21. The number of hydrogen-bond donors (Lipinski definition) is 8. The van der Waals surface area contributed by atoms with Gasteiger partial charge in [0, 0.05) is 5.92 Å². The number of aliphatic hydroxyl groups excluding tert-OH is 2. The van der Waals surface area contributed by atoms with Gasteiger partial charge < -0.3 is 47.3 Å². The van der Waals surface area contributed by atoms with Crippen molar-refractivity contribution >= 4 is 35.5 Å². The predicted molar refractivity (Wildman–Crippen MR) is 186 cm³/mol. The van der Waals surface area contributed by atoms with E-state index in [1.54, 1.807) is 0 Å². The van der Waals surface area contributed by atoms with Gasteiger partial charge in [0.15, 0.2) is 0 Å². The number of amides is 5. The molecule has 0 radical (unpaired) electrons. The standard InChI is InChI=1S/C35H62N6O9/c1-18(2)27(34(48)40-28(19(3)4)35(49)50-7)39-32(46)24-15-9-12-22(24)11-8-13-23-14-10-16-26(43)29(23)41-31(45)21(6)37-30(44)20(5)38-33(47)25(36)17-42/h18-29,42-43H,8-17,36H2,1-7H3,(H,37,44)(H,38,47)(H,39,46)(H,40,48)(H,41,45)/t20-,21-,22?,23?,24+,25-,26-,27+,28-,29-/m0/s1. The maximum absolute atomic E-state index is 13.5. The van der Waals surface area contributed by atoms with Gasteiger partial charge in [-0.3, -0.25) is 24.0 Å². The number of methoxy groups -OCH3 is 1. The van der Waals surface area contributed by atoms with E-state index in [-0.39, 0.29) is 35.5 Å². The molecule has 15 heteroatoms. The summed E-state index contributed by atoms with van der Waals surface area (Å²) >= 11 is 0. The molecule has 0 aromatic heterocycles. The minimum absolute atomic E-state index is 0.00944. The molecule has 0 aromatic rings. The van der Waals surface area contributed by atoms with E-state index in [4.69, 9.17) is 15.6 Å². The molecule has 15 nitrogen and oxygen atoms in total. The first-order valence-electron chi connectivity index (χ1n) is 18.2. The molecule has 2 saturated carbocycles. The molecule has 0 spiro atoms. The summed E-state index contributed by atoms with van der Waals surface area (Å²) < 4.78 is 4.84. The van der Waals surface area contributed by atoms with Crippen LogP contribution in [0.2, 0.25) is 0 Å². The fourth-order valence-corrected chi connectivity index (χ4v) is 7.00. The molecule has 5 amide bonds. The summed E-state index contributed by atoms with van der Waals surface area (Å²) in [7, 11) is 1.27. The van der Waals surface area contributed by atoms with Crippen LogP contribution in [0.25, 0.3) is 0 Å². The molecule has 0 bridgehead atoms. The Morgan fingerprint density at radius 2 is 1.28 bits per heavy atom. The average Bonchev–Trinajstić information content (AvgIpc) is 3.54. The van der Waals surface area contributed by atoms with Gasteiger partial charge in [0.1, 0.15) is 30.2 Å². The van der Waals surface area contributed by atoms with Gasteiger partial charge in [0.25, 0.3) is 0 Å². The number of esters is 1. The Bertz CT molecular complexity index is 1170. The lowest BCUT2D eigenvalue weighted by molar-refractivity contribution is -0.147. The van der Waals surface area contributed by atoms with Crippen LogP contribution in [0.15, 0.2) is 0 Å². The minimum atomic E-state index is -1.17. The van der Waals surface area contributed by atoms with Crippen LogP contribution in [0.3, 0.4) is 0 Å². The molecule has 0 aromatic carbocycles. The van der Waals surface area contributed by atoms with Gasteiger partial charge in [0.2, 0.25) is 29.5 Å². The lowest BCUT2D eigenvalue weighted by atomic mass is 9.78. The smallest absolute Gasteiger partial charge is 0.328 e. The van der Waals surface area contributed by atoms with Crippen molar-refractivity contribution in [2.45, 2.75) is 142 Å². The highest BCUT2D eigenvalue weighted by molar-refractivity contribution is 5.93. The van der Waals surface area contributed by atoms with Gasteiger partial charge >= 0.3 is 5.97 Å². The lowest BCUT2D eigenvalue weighted by Gasteiger charge is -2.37. The van der Waals surface area contributed by atoms with Crippen molar-refractivity contribution in [3.8, 4) is 0 Å². The monoisotopic (exact) mass is 710 g/mol. The Hall–Kier alpha value is -3.30. The summed E-state index contributed by atoms with van der Waals surface area (Å²) in [6.07, 6.45) is 6.28. The Balaban J connectivity index is 1.95. The van der Waals surface area contributed by atoms with Crippen LogP contribution in [0.5, 0.6) is 0 Å². The van der Waals surface area contributed by atoms with E-state index >= 15 is 0 Å². The van der Waals surface area contributed by atoms with Crippen molar-refractivity contribution in [1.82, 2.24) is 26.6 Å². The fraction of sp³-hybridized carbons (Fsp3) is 0.829. The first-order valence-corrected chi connectivity index (χ1v) is 18.2. The maximum Gasteiger partial charge on any atom is 0.328 e. The second-order valence-electron chi connectivity index (χ2n) is 14.8. The first-order chi connectivity index (χ1) is 23.5. The van der Waals surface area contributed by atoms with Crippen molar-refractivity contribution in [3.63, 3.8) is 0 Å². The van der Waals surface area contributed by atoms with Crippen LogP contribution in [-0.2, 0) is 33.5 Å². The molecule has 2 rings (SSSR count). The maximum atomic E-state index is 13.5. The van der Waals surface area contributed by atoms with Gasteiger partial charge in [-0.1, -0.05) is 47.0 Å². The van der Waals surface area contributed by atoms with Crippen molar-refractivity contribution in [1.29, 1.82) is 0 Å². The molecule has 2 aliphatic rings. The van der Waals surface area contributed by atoms with Crippen LogP contribution in [0.1, 0.15) is 99.3 Å². The van der Waals surface area contributed by atoms with Crippen molar-refractivity contribution < 1.29 is 43.7 Å². The quantitative estimate of drug-likeness (QED) is 0.0887. The number of aliphatic hydroxyl groups is 2. The summed E-state index contributed by atoms with van der Waals surface area (Å²) in [5, 5.41) is 33.5. The zero-order valence-corrected chi connectivity index (χ0v) is 30.8. The number of nitrogens with one attached hydrogen (secondary N) is 5. The molecule has 286 valence electrons. The van der Waals surface area contributed by atoms with Crippen LogP contribution >= 0.6 is 0 Å². The third kappa shape index (κ3) is 12.5. The molecule has 50 heavy (non-hydrogen) atoms. The Morgan fingerprint density at radius 1 is 0.720 bits per heavy atom. The summed E-state index contributed by atoms with van der Waals surface area (Å²) in [4.78, 5) is 76.5. The number of carbonyl (C=O) groups excluding carboxylic acids is 6. The van der Waals surface area contributed by atoms with Crippen LogP contribution in [0.4, 0.5) is 0 Å². The average molecular weight is 711 g/mol. The van der Waals surface area contributed by atoms with E-state index in [0.29, 0.717) is 6.42 Å². The number of carbonyl (C=O) groups is 6. The zero-order chi connectivity index (χ0) is 37.7. The van der Waals surface area contributed by atoms with Gasteiger partial charge in [0.05, 0.1) is 25.9 Å². The van der Waals surface area contributed by atoms with E-state index in [2.05, 4.69) is 26.6 Å². The Kier molecular flexibility index (Phi) is 17.6. The van der Waals surface area contributed by atoms with Crippen molar-refractivity contribution in [3.05, 3.63) is 0 Å². The lowest BCUT2D eigenvalue weighted by Crippen LogP contribution is -2.57. The topological polar surface area (TPSA) is 238 Å². The Morgan fingerprint density at radius 3 is 1.88 bits per heavy atom. The van der Waals surface area contributed by atoms with E-state index < -0.39 is 78.6 Å². The minimum Gasteiger partial charge on any atom is -0.467 e. The second-order valence-corrected chi connectivity index (χ2v) is 14.8. The molecule has 9 N–H and O–H groups in total. The number of ether oxygens (including phenoxy) is 1. The number of nitrogens with two attached hydrogens (primary N) is 1. The second kappa shape index (κ2) is 20.5. The van der Waals surface area contributed by atoms with E-state index in [0.717, 1.165) is 51.4 Å². The molecule has 10 atom stereocenters.